The first-order chi connectivity index (χ1) is 8.52. The van der Waals surface area contributed by atoms with Crippen LogP contribution in [0.3, 0.4) is 0 Å². The summed E-state index contributed by atoms with van der Waals surface area (Å²) in [7, 11) is 0. The Labute approximate surface area is 116 Å². The maximum atomic E-state index is 5.79. The van der Waals surface area contributed by atoms with E-state index in [1.807, 2.05) is 6.07 Å². The van der Waals surface area contributed by atoms with Crippen LogP contribution in [0, 0.1) is 0 Å². The van der Waals surface area contributed by atoms with Crippen LogP contribution in [0.4, 0.5) is 0 Å². The van der Waals surface area contributed by atoms with Crippen molar-refractivity contribution in [2.24, 2.45) is 0 Å². The zero-order chi connectivity index (χ0) is 13.2. The molecule has 0 atom stereocenters. The largest absolute Gasteiger partial charge is 0.371 e. The molecule has 18 heavy (non-hydrogen) atoms. The number of benzene rings is 1. The van der Waals surface area contributed by atoms with E-state index in [9.17, 15) is 0 Å². The predicted octanol–water partition coefficient (Wildman–Crippen LogP) is 4.45. The van der Waals surface area contributed by atoms with E-state index < -0.39 is 0 Å². The minimum Gasteiger partial charge on any atom is -0.371 e. The maximum Gasteiger partial charge on any atom is 0.0671 e. The first-order valence-corrected chi connectivity index (χ1v) is 6.81. The van der Waals surface area contributed by atoms with Crippen LogP contribution >= 0.6 is 15.9 Å². The Balaban J connectivity index is 2.26. The quantitative estimate of drug-likeness (QED) is 0.811. The van der Waals surface area contributed by atoms with Gasteiger partial charge in [-0.2, -0.15) is 0 Å². The van der Waals surface area contributed by atoms with Gasteiger partial charge in [0.15, 0.2) is 0 Å². The van der Waals surface area contributed by atoms with Gasteiger partial charge in [0.25, 0.3) is 0 Å². The zero-order valence-corrected chi connectivity index (χ0v) is 12.4. The van der Waals surface area contributed by atoms with Crippen LogP contribution in [0.15, 0.2) is 41.5 Å². The van der Waals surface area contributed by atoms with Crippen molar-refractivity contribution in [3.05, 3.63) is 47.1 Å². The number of aromatic nitrogens is 1. The van der Waals surface area contributed by atoms with Crippen molar-refractivity contribution >= 4 is 26.8 Å². The zero-order valence-electron chi connectivity index (χ0n) is 10.8. The van der Waals surface area contributed by atoms with Gasteiger partial charge in [0, 0.05) is 28.0 Å². The van der Waals surface area contributed by atoms with E-state index in [2.05, 4.69) is 59.7 Å². The van der Waals surface area contributed by atoms with Gasteiger partial charge in [0.1, 0.15) is 0 Å². The molecule has 1 aromatic carbocycles. The van der Waals surface area contributed by atoms with Crippen LogP contribution in [0.5, 0.6) is 0 Å². The van der Waals surface area contributed by atoms with E-state index in [0.717, 1.165) is 16.4 Å². The van der Waals surface area contributed by atoms with Crippen LogP contribution in [0.2, 0.25) is 0 Å². The summed E-state index contributed by atoms with van der Waals surface area (Å²) in [5.41, 5.74) is 2.25. The average Bonchev–Trinajstić information content (AvgIpc) is 2.69. The fourth-order valence-electron chi connectivity index (χ4n) is 2.09. The molecule has 0 bridgehead atoms. The fourth-order valence-corrected chi connectivity index (χ4v) is 2.45. The molecule has 0 unspecified atom stereocenters. The Morgan fingerprint density at radius 3 is 2.94 bits per heavy atom. The lowest BCUT2D eigenvalue weighted by atomic mass is 9.98. The molecule has 2 rings (SSSR count). The van der Waals surface area contributed by atoms with Gasteiger partial charge in [-0.3, -0.25) is 0 Å². The Morgan fingerprint density at radius 1 is 1.44 bits per heavy atom. The molecule has 0 fully saturated rings. The average molecular weight is 308 g/mol. The molecule has 3 heteroatoms. The molecular formula is C15H18BrNO. The van der Waals surface area contributed by atoms with Crippen LogP contribution in [0.25, 0.3) is 10.9 Å². The highest BCUT2D eigenvalue weighted by molar-refractivity contribution is 9.10. The smallest absolute Gasteiger partial charge is 0.0671 e. The molecule has 96 valence electrons. The van der Waals surface area contributed by atoms with E-state index >= 15 is 0 Å². The number of hydrogen-bond donors (Lipinski definition) is 1. The number of halogens is 1. The molecule has 0 radical (unpaired) electrons. The number of H-pyrrole nitrogens is 1. The van der Waals surface area contributed by atoms with E-state index in [0.29, 0.717) is 6.61 Å². The topological polar surface area (TPSA) is 25.0 Å². The number of rotatable bonds is 5. The minimum absolute atomic E-state index is 0.189. The lowest BCUT2D eigenvalue weighted by Crippen LogP contribution is -2.27. The van der Waals surface area contributed by atoms with Gasteiger partial charge in [-0.1, -0.05) is 22.0 Å². The number of hydrogen-bond acceptors (Lipinski definition) is 1. The van der Waals surface area contributed by atoms with Gasteiger partial charge in [-0.05, 0) is 37.6 Å². The predicted molar refractivity (Wildman–Crippen MR) is 79.9 cm³/mol. The number of ether oxygens (including phenoxy) is 1. The second-order valence-corrected chi connectivity index (χ2v) is 5.96. The third-order valence-electron chi connectivity index (χ3n) is 2.94. The third kappa shape index (κ3) is 3.03. The van der Waals surface area contributed by atoms with Gasteiger partial charge >= 0.3 is 0 Å². The van der Waals surface area contributed by atoms with Crippen molar-refractivity contribution in [2.75, 3.05) is 6.61 Å². The summed E-state index contributed by atoms with van der Waals surface area (Å²) in [6.45, 7) is 8.48. The highest BCUT2D eigenvalue weighted by Crippen LogP contribution is 2.26. The lowest BCUT2D eigenvalue weighted by Gasteiger charge is -2.24. The van der Waals surface area contributed by atoms with Crippen molar-refractivity contribution in [1.29, 1.82) is 0 Å². The Kier molecular flexibility index (Phi) is 3.93. The number of nitrogens with one attached hydrogen (secondary N) is 1. The second-order valence-electron chi connectivity index (χ2n) is 5.04. The van der Waals surface area contributed by atoms with E-state index in [-0.39, 0.29) is 5.60 Å². The molecule has 0 amide bonds. The van der Waals surface area contributed by atoms with Crippen LogP contribution in [-0.2, 0) is 11.2 Å². The van der Waals surface area contributed by atoms with Gasteiger partial charge in [0.05, 0.1) is 12.2 Å². The van der Waals surface area contributed by atoms with Crippen LogP contribution in [0.1, 0.15) is 19.4 Å². The highest BCUT2D eigenvalue weighted by Gasteiger charge is 2.20. The number of fused-ring (bicyclic) bond motifs is 1. The summed E-state index contributed by atoms with van der Waals surface area (Å²) >= 11 is 3.51. The van der Waals surface area contributed by atoms with Crippen molar-refractivity contribution in [1.82, 2.24) is 4.98 Å². The monoisotopic (exact) mass is 307 g/mol. The van der Waals surface area contributed by atoms with Gasteiger partial charge in [-0.15, -0.1) is 6.58 Å². The first kappa shape index (κ1) is 13.4. The molecule has 1 heterocycles. The highest BCUT2D eigenvalue weighted by atomic mass is 79.9. The normalized spacial score (nSPS) is 11.9. The maximum absolute atomic E-state index is 5.79. The molecule has 2 aromatic rings. The van der Waals surface area contributed by atoms with E-state index in [1.165, 1.54) is 10.9 Å². The summed E-state index contributed by atoms with van der Waals surface area (Å²) in [6.07, 6.45) is 4.72. The van der Waals surface area contributed by atoms with Crippen LogP contribution < -0.4 is 0 Å². The summed E-state index contributed by atoms with van der Waals surface area (Å²) < 4.78 is 6.89. The fraction of sp³-hybridized carbons (Fsp3) is 0.333. The molecule has 0 aliphatic carbocycles. The molecule has 1 N–H and O–H groups in total. The molecule has 0 spiro atoms. The third-order valence-corrected chi connectivity index (χ3v) is 3.43. The Hall–Kier alpha value is -1.06. The summed E-state index contributed by atoms with van der Waals surface area (Å²) in [5.74, 6) is 0. The van der Waals surface area contributed by atoms with Gasteiger partial charge < -0.3 is 9.72 Å². The summed E-state index contributed by atoms with van der Waals surface area (Å²) in [4.78, 5) is 3.30. The van der Waals surface area contributed by atoms with Crippen molar-refractivity contribution in [2.45, 2.75) is 25.9 Å². The second kappa shape index (κ2) is 5.29. The van der Waals surface area contributed by atoms with Crippen molar-refractivity contribution in [3.8, 4) is 0 Å². The molecule has 0 aliphatic rings. The lowest BCUT2D eigenvalue weighted by molar-refractivity contribution is 0.000110. The summed E-state index contributed by atoms with van der Waals surface area (Å²) in [6, 6.07) is 6.27. The molecule has 0 saturated carbocycles. The van der Waals surface area contributed by atoms with Crippen molar-refractivity contribution < 1.29 is 4.74 Å². The van der Waals surface area contributed by atoms with Gasteiger partial charge in [-0.25, -0.2) is 0 Å². The Morgan fingerprint density at radius 2 is 2.22 bits per heavy atom. The molecule has 0 aliphatic heterocycles. The van der Waals surface area contributed by atoms with E-state index in [4.69, 9.17) is 4.74 Å². The van der Waals surface area contributed by atoms with Gasteiger partial charge in [0.2, 0.25) is 0 Å². The van der Waals surface area contributed by atoms with Crippen molar-refractivity contribution in [3.63, 3.8) is 0 Å². The number of aromatic amines is 1. The molecule has 0 saturated heterocycles. The van der Waals surface area contributed by atoms with Crippen LogP contribution in [-0.4, -0.2) is 17.2 Å². The SMILES string of the molecule is C=CCOC(C)(C)Cc1c[nH]c2ccc(Br)cc12. The summed E-state index contributed by atoms with van der Waals surface area (Å²) in [5, 5.41) is 1.25. The molecule has 2 nitrogen and oxygen atoms in total. The Bertz CT molecular complexity index is 557. The molecule has 1 aromatic heterocycles. The first-order valence-electron chi connectivity index (χ1n) is 6.02. The standard InChI is InChI=1S/C15H18BrNO/c1-4-7-18-15(2,3)9-11-10-17-14-6-5-12(16)8-13(11)14/h4-6,8,10,17H,1,7,9H2,2-3H3. The molecular weight excluding hydrogens is 290 g/mol. The van der Waals surface area contributed by atoms with E-state index in [1.54, 1.807) is 6.08 Å². The minimum atomic E-state index is -0.189.